The Bertz CT molecular complexity index is 792. The van der Waals surface area contributed by atoms with Crippen molar-refractivity contribution in [2.24, 2.45) is 0 Å². The van der Waals surface area contributed by atoms with Gasteiger partial charge in [0.1, 0.15) is 18.9 Å². The molecule has 2 N–H and O–H groups in total. The number of hydrogen-bond donors (Lipinski definition) is 2. The molecular formula is C19H21FN3O2+. The summed E-state index contributed by atoms with van der Waals surface area (Å²) in [5, 5.41) is 2.78. The molecule has 0 bridgehead atoms. The summed E-state index contributed by atoms with van der Waals surface area (Å²) in [5.41, 5.74) is 2.32. The molecule has 6 heteroatoms. The number of halogens is 1. The molecular weight excluding hydrogens is 321 g/mol. The number of para-hydroxylation sites is 2. The lowest BCUT2D eigenvalue weighted by Gasteiger charge is -2.32. The first-order chi connectivity index (χ1) is 12.0. The number of amides is 2. The van der Waals surface area contributed by atoms with Crippen LogP contribution in [-0.4, -0.2) is 31.4 Å². The number of nitrogens with zero attached hydrogens (tertiary/aromatic N) is 1. The molecule has 0 saturated carbocycles. The minimum atomic E-state index is -0.344. The van der Waals surface area contributed by atoms with Crippen molar-refractivity contribution >= 4 is 23.2 Å². The average molecular weight is 342 g/mol. The number of carbonyl (C=O) groups is 2. The van der Waals surface area contributed by atoms with Crippen LogP contribution in [0.1, 0.15) is 12.5 Å². The Morgan fingerprint density at radius 1 is 1.24 bits per heavy atom. The molecule has 3 rings (SSSR count). The van der Waals surface area contributed by atoms with Gasteiger partial charge in [-0.05, 0) is 31.2 Å². The minimum Gasteiger partial charge on any atom is -0.324 e. The first-order valence-electron chi connectivity index (χ1n) is 8.22. The van der Waals surface area contributed by atoms with E-state index >= 15 is 0 Å². The van der Waals surface area contributed by atoms with Gasteiger partial charge in [-0.2, -0.15) is 0 Å². The summed E-state index contributed by atoms with van der Waals surface area (Å²) in [6.07, 6.45) is 0. The maximum atomic E-state index is 13.0. The Balaban J connectivity index is 1.75. The maximum absolute atomic E-state index is 13.0. The number of quaternary nitrogens is 1. The van der Waals surface area contributed by atoms with Crippen molar-refractivity contribution in [3.63, 3.8) is 0 Å². The summed E-state index contributed by atoms with van der Waals surface area (Å²) in [5.74, 6) is -0.584. The highest BCUT2D eigenvalue weighted by Gasteiger charge is 2.33. The van der Waals surface area contributed by atoms with Crippen LogP contribution in [0, 0.1) is 5.82 Å². The zero-order chi connectivity index (χ0) is 18.0. The first-order valence-corrected chi connectivity index (χ1v) is 8.22. The van der Waals surface area contributed by atoms with Gasteiger partial charge in [0.2, 0.25) is 5.91 Å². The molecule has 1 heterocycles. The van der Waals surface area contributed by atoms with Crippen LogP contribution < -0.4 is 15.1 Å². The molecule has 0 saturated heterocycles. The number of nitrogens with one attached hydrogen (secondary N) is 2. The van der Waals surface area contributed by atoms with Crippen molar-refractivity contribution in [2.75, 3.05) is 23.8 Å². The van der Waals surface area contributed by atoms with E-state index in [9.17, 15) is 14.0 Å². The second-order valence-electron chi connectivity index (χ2n) is 6.36. The van der Waals surface area contributed by atoms with Crippen molar-refractivity contribution in [3.05, 3.63) is 59.9 Å². The van der Waals surface area contributed by atoms with Gasteiger partial charge in [0, 0.05) is 5.56 Å². The third-order valence-corrected chi connectivity index (χ3v) is 4.54. The first kappa shape index (κ1) is 17.1. The van der Waals surface area contributed by atoms with Crippen LogP contribution in [0.15, 0.2) is 48.5 Å². The van der Waals surface area contributed by atoms with Gasteiger partial charge in [0.15, 0.2) is 6.04 Å². The Morgan fingerprint density at radius 3 is 2.64 bits per heavy atom. The normalized spacial score (nSPS) is 16.0. The molecule has 0 fully saturated rings. The Kier molecular flexibility index (Phi) is 4.81. The lowest BCUT2D eigenvalue weighted by molar-refractivity contribution is -0.908. The van der Waals surface area contributed by atoms with Gasteiger partial charge < -0.3 is 10.2 Å². The molecule has 0 aliphatic carbocycles. The summed E-state index contributed by atoms with van der Waals surface area (Å²) < 4.78 is 13.0. The van der Waals surface area contributed by atoms with Gasteiger partial charge in [-0.25, -0.2) is 4.39 Å². The zero-order valence-electron chi connectivity index (χ0n) is 14.3. The molecule has 130 valence electrons. The average Bonchev–Trinajstić information content (AvgIpc) is 2.61. The lowest BCUT2D eigenvalue weighted by Crippen LogP contribution is -3.12. The Morgan fingerprint density at radius 2 is 1.92 bits per heavy atom. The van der Waals surface area contributed by atoms with E-state index in [2.05, 4.69) is 5.32 Å². The predicted octanol–water partition coefficient (Wildman–Crippen LogP) is 1.21. The van der Waals surface area contributed by atoms with Crippen LogP contribution in [0.5, 0.6) is 0 Å². The van der Waals surface area contributed by atoms with E-state index in [1.54, 1.807) is 18.2 Å². The molecule has 0 aromatic heterocycles. The molecule has 1 aliphatic rings. The molecule has 25 heavy (non-hydrogen) atoms. The molecule has 2 atom stereocenters. The van der Waals surface area contributed by atoms with Gasteiger partial charge in [-0.15, -0.1) is 0 Å². The van der Waals surface area contributed by atoms with Gasteiger partial charge in [-0.1, -0.05) is 24.3 Å². The number of fused-ring (bicyclic) bond motifs is 1. The number of carbonyl (C=O) groups excluding carboxylic acids is 2. The summed E-state index contributed by atoms with van der Waals surface area (Å²) in [6, 6.07) is 13.2. The number of anilines is 2. The number of hydrogen-bond acceptors (Lipinski definition) is 2. The van der Waals surface area contributed by atoms with Crippen LogP contribution >= 0.6 is 0 Å². The molecule has 2 amide bonds. The quantitative estimate of drug-likeness (QED) is 0.878. The van der Waals surface area contributed by atoms with Gasteiger partial charge in [0.25, 0.3) is 5.91 Å². The smallest absolute Gasteiger partial charge is 0.285 e. The van der Waals surface area contributed by atoms with E-state index in [0.29, 0.717) is 17.9 Å². The fourth-order valence-corrected chi connectivity index (χ4v) is 2.95. The molecule has 1 unspecified atom stereocenters. The summed E-state index contributed by atoms with van der Waals surface area (Å²) in [7, 11) is 1.92. The third-order valence-electron chi connectivity index (χ3n) is 4.54. The molecule has 5 nitrogen and oxygen atoms in total. The van der Waals surface area contributed by atoms with Crippen LogP contribution in [0.3, 0.4) is 0 Å². The van der Waals surface area contributed by atoms with E-state index in [1.165, 1.54) is 17.0 Å². The van der Waals surface area contributed by atoms with Crippen molar-refractivity contribution in [1.29, 1.82) is 0 Å². The standard InChI is InChI=1S/C19H20FN3O2/c1-13(22(2)11-14-7-9-15(20)10-8-14)19(25)23-12-18(24)21-16-5-3-4-6-17(16)23/h3-10,13H,11-12H2,1-2H3,(H,21,24)/p+1/t13-/m0/s1. The fourth-order valence-electron chi connectivity index (χ4n) is 2.95. The highest BCUT2D eigenvalue weighted by molar-refractivity contribution is 6.10. The van der Waals surface area contributed by atoms with Crippen molar-refractivity contribution in [1.82, 2.24) is 0 Å². The predicted molar refractivity (Wildman–Crippen MR) is 93.9 cm³/mol. The van der Waals surface area contributed by atoms with Gasteiger partial charge >= 0.3 is 0 Å². The van der Waals surface area contributed by atoms with E-state index in [0.717, 1.165) is 10.5 Å². The fraction of sp³-hybridized carbons (Fsp3) is 0.263. The van der Waals surface area contributed by atoms with Gasteiger partial charge in [0.05, 0.1) is 18.4 Å². The highest BCUT2D eigenvalue weighted by atomic mass is 19.1. The number of likely N-dealkylation sites (N-methyl/N-ethyl adjacent to an activating group) is 1. The molecule has 2 aromatic rings. The zero-order valence-corrected chi connectivity index (χ0v) is 14.3. The van der Waals surface area contributed by atoms with Gasteiger partial charge in [-0.3, -0.25) is 14.5 Å². The second-order valence-corrected chi connectivity index (χ2v) is 6.36. The summed E-state index contributed by atoms with van der Waals surface area (Å²) >= 11 is 0. The molecule has 0 spiro atoms. The van der Waals surface area contributed by atoms with E-state index in [1.807, 2.05) is 32.2 Å². The summed E-state index contributed by atoms with van der Waals surface area (Å²) in [6.45, 7) is 2.45. The van der Waals surface area contributed by atoms with Crippen molar-refractivity contribution in [2.45, 2.75) is 19.5 Å². The maximum Gasteiger partial charge on any atom is 0.285 e. The minimum absolute atomic E-state index is 0.0179. The Labute approximate surface area is 146 Å². The van der Waals surface area contributed by atoms with Crippen LogP contribution in [0.2, 0.25) is 0 Å². The lowest BCUT2D eigenvalue weighted by atomic mass is 10.1. The molecule has 2 aromatic carbocycles. The summed E-state index contributed by atoms with van der Waals surface area (Å²) in [4.78, 5) is 27.4. The van der Waals surface area contributed by atoms with Crippen molar-refractivity contribution in [3.8, 4) is 0 Å². The molecule has 0 radical (unpaired) electrons. The monoisotopic (exact) mass is 342 g/mol. The van der Waals surface area contributed by atoms with Crippen molar-refractivity contribution < 1.29 is 18.9 Å². The van der Waals surface area contributed by atoms with E-state index < -0.39 is 0 Å². The van der Waals surface area contributed by atoms with E-state index in [-0.39, 0.29) is 30.2 Å². The SMILES string of the molecule is C[C@@H](C(=O)N1CC(=O)Nc2ccccc21)[NH+](C)Cc1ccc(F)cc1. The number of benzene rings is 2. The topological polar surface area (TPSA) is 53.9 Å². The van der Waals surface area contributed by atoms with Crippen LogP contribution in [-0.2, 0) is 16.1 Å². The van der Waals surface area contributed by atoms with Crippen LogP contribution in [0.4, 0.5) is 15.8 Å². The van der Waals surface area contributed by atoms with Crippen LogP contribution in [0.25, 0.3) is 0 Å². The number of rotatable bonds is 4. The highest BCUT2D eigenvalue weighted by Crippen LogP contribution is 2.29. The second kappa shape index (κ2) is 7.03. The largest absolute Gasteiger partial charge is 0.324 e. The Hall–Kier alpha value is -2.73. The van der Waals surface area contributed by atoms with E-state index in [4.69, 9.17) is 0 Å². The molecule has 1 aliphatic heterocycles. The third kappa shape index (κ3) is 3.69.